The van der Waals surface area contributed by atoms with Crippen LogP contribution in [0.15, 0.2) is 12.4 Å². The maximum atomic E-state index is 9.88. The van der Waals surface area contributed by atoms with Crippen LogP contribution in [-0.2, 0) is 0 Å². The first kappa shape index (κ1) is 13.6. The van der Waals surface area contributed by atoms with E-state index in [2.05, 4.69) is 14.9 Å². The van der Waals surface area contributed by atoms with E-state index in [1.54, 1.807) is 19.5 Å². The SMILES string of the molecule is COc1cnc(N2CCC[C@](CO)(CC3CC3)C2)nc1. The molecule has 3 rings (SSSR count). The minimum Gasteiger partial charge on any atom is -0.494 e. The second-order valence-corrected chi connectivity index (χ2v) is 6.25. The van der Waals surface area contributed by atoms with Crippen LogP contribution in [0.2, 0.25) is 0 Å². The second kappa shape index (κ2) is 5.56. The lowest BCUT2D eigenvalue weighted by atomic mass is 9.76. The van der Waals surface area contributed by atoms with Crippen molar-refractivity contribution in [2.75, 3.05) is 31.7 Å². The zero-order valence-electron chi connectivity index (χ0n) is 12.1. The van der Waals surface area contributed by atoms with Gasteiger partial charge < -0.3 is 14.7 Å². The zero-order chi connectivity index (χ0) is 14.0. The molecule has 2 fully saturated rings. The number of hydrogen-bond donors (Lipinski definition) is 1. The van der Waals surface area contributed by atoms with Gasteiger partial charge in [0.05, 0.1) is 26.1 Å². The van der Waals surface area contributed by atoms with Crippen molar-refractivity contribution in [2.24, 2.45) is 11.3 Å². The lowest BCUT2D eigenvalue weighted by Gasteiger charge is -2.42. The highest BCUT2D eigenvalue weighted by Crippen LogP contribution is 2.44. The van der Waals surface area contributed by atoms with Gasteiger partial charge in [0, 0.05) is 18.5 Å². The summed E-state index contributed by atoms with van der Waals surface area (Å²) in [4.78, 5) is 11.0. The molecule has 0 radical (unpaired) electrons. The Morgan fingerprint density at radius 3 is 2.75 bits per heavy atom. The van der Waals surface area contributed by atoms with Gasteiger partial charge >= 0.3 is 0 Å². The Morgan fingerprint density at radius 1 is 1.40 bits per heavy atom. The molecule has 20 heavy (non-hydrogen) atoms. The van der Waals surface area contributed by atoms with E-state index in [1.165, 1.54) is 12.8 Å². The van der Waals surface area contributed by atoms with Crippen LogP contribution in [0, 0.1) is 11.3 Å². The topological polar surface area (TPSA) is 58.5 Å². The Bertz CT molecular complexity index is 447. The van der Waals surface area contributed by atoms with Crippen molar-refractivity contribution in [3.05, 3.63) is 12.4 Å². The zero-order valence-corrected chi connectivity index (χ0v) is 12.1. The molecule has 0 bridgehead atoms. The Morgan fingerprint density at radius 2 is 2.15 bits per heavy atom. The predicted molar refractivity (Wildman–Crippen MR) is 76.9 cm³/mol. The Labute approximate surface area is 120 Å². The molecule has 5 heteroatoms. The third-order valence-corrected chi connectivity index (χ3v) is 4.55. The van der Waals surface area contributed by atoms with Crippen molar-refractivity contribution in [3.63, 3.8) is 0 Å². The normalized spacial score (nSPS) is 26.6. The monoisotopic (exact) mass is 277 g/mol. The summed E-state index contributed by atoms with van der Waals surface area (Å²) in [6.07, 6.45) is 9.45. The van der Waals surface area contributed by atoms with Gasteiger partial charge in [-0.3, -0.25) is 0 Å². The van der Waals surface area contributed by atoms with Crippen LogP contribution in [0.5, 0.6) is 5.75 Å². The summed E-state index contributed by atoms with van der Waals surface area (Å²) in [7, 11) is 1.62. The van der Waals surface area contributed by atoms with Crippen LogP contribution in [0.3, 0.4) is 0 Å². The van der Waals surface area contributed by atoms with Gasteiger partial charge in [-0.25, -0.2) is 9.97 Å². The van der Waals surface area contributed by atoms with E-state index in [1.807, 2.05) is 0 Å². The van der Waals surface area contributed by atoms with Crippen LogP contribution in [0.4, 0.5) is 5.95 Å². The molecule has 1 aromatic rings. The number of rotatable bonds is 5. The van der Waals surface area contributed by atoms with Crippen molar-refractivity contribution in [3.8, 4) is 5.75 Å². The minimum absolute atomic E-state index is 0.0443. The predicted octanol–water partition coefficient (Wildman–Crippen LogP) is 1.86. The lowest BCUT2D eigenvalue weighted by molar-refractivity contribution is 0.0899. The fraction of sp³-hybridized carbons (Fsp3) is 0.733. The van der Waals surface area contributed by atoms with Crippen LogP contribution in [0.25, 0.3) is 0 Å². The number of aliphatic hydroxyl groups is 1. The van der Waals surface area contributed by atoms with Gasteiger partial charge in [-0.15, -0.1) is 0 Å². The van der Waals surface area contributed by atoms with E-state index in [0.29, 0.717) is 5.75 Å². The van der Waals surface area contributed by atoms with Gasteiger partial charge in [-0.05, 0) is 25.2 Å². The molecule has 0 spiro atoms. The minimum atomic E-state index is 0.0443. The van der Waals surface area contributed by atoms with E-state index in [0.717, 1.165) is 44.2 Å². The summed E-state index contributed by atoms with van der Waals surface area (Å²) >= 11 is 0. The molecule has 1 saturated carbocycles. The molecule has 0 amide bonds. The van der Waals surface area contributed by atoms with Gasteiger partial charge in [0.2, 0.25) is 5.95 Å². The second-order valence-electron chi connectivity index (χ2n) is 6.25. The molecule has 1 aliphatic carbocycles. The van der Waals surface area contributed by atoms with Crippen LogP contribution in [0.1, 0.15) is 32.1 Å². The van der Waals surface area contributed by atoms with Crippen molar-refractivity contribution >= 4 is 5.95 Å². The van der Waals surface area contributed by atoms with Crippen molar-refractivity contribution in [2.45, 2.75) is 32.1 Å². The summed E-state index contributed by atoms with van der Waals surface area (Å²) in [6.45, 7) is 2.11. The van der Waals surface area contributed by atoms with Crippen LogP contribution in [-0.4, -0.2) is 41.9 Å². The van der Waals surface area contributed by atoms with Gasteiger partial charge in [0.1, 0.15) is 0 Å². The quantitative estimate of drug-likeness (QED) is 0.890. The first-order valence-electron chi connectivity index (χ1n) is 7.46. The van der Waals surface area contributed by atoms with Gasteiger partial charge in [-0.2, -0.15) is 0 Å². The third-order valence-electron chi connectivity index (χ3n) is 4.55. The summed E-state index contributed by atoms with van der Waals surface area (Å²) in [6, 6.07) is 0. The Hall–Kier alpha value is -1.36. The van der Waals surface area contributed by atoms with Crippen molar-refractivity contribution < 1.29 is 9.84 Å². The molecule has 1 atom stereocenters. The molecule has 0 unspecified atom stereocenters. The smallest absolute Gasteiger partial charge is 0.225 e. The van der Waals surface area contributed by atoms with Crippen molar-refractivity contribution in [1.82, 2.24) is 9.97 Å². The van der Waals surface area contributed by atoms with E-state index in [9.17, 15) is 5.11 Å². The number of hydrogen-bond acceptors (Lipinski definition) is 5. The average molecular weight is 277 g/mol. The molecule has 1 aliphatic heterocycles. The number of piperidine rings is 1. The number of methoxy groups -OCH3 is 1. The Balaban J connectivity index is 1.72. The number of nitrogens with zero attached hydrogens (tertiary/aromatic N) is 3. The number of aromatic nitrogens is 2. The highest BCUT2D eigenvalue weighted by Gasteiger charge is 2.40. The lowest BCUT2D eigenvalue weighted by Crippen LogP contribution is -2.46. The molecule has 5 nitrogen and oxygen atoms in total. The molecular formula is C15H23N3O2. The maximum Gasteiger partial charge on any atom is 0.225 e. The molecule has 2 aliphatic rings. The number of anilines is 1. The van der Waals surface area contributed by atoms with E-state index in [-0.39, 0.29) is 12.0 Å². The average Bonchev–Trinajstić information content (AvgIpc) is 3.31. The third kappa shape index (κ3) is 2.87. The highest BCUT2D eigenvalue weighted by molar-refractivity contribution is 5.33. The van der Waals surface area contributed by atoms with Crippen LogP contribution >= 0.6 is 0 Å². The maximum absolute atomic E-state index is 9.88. The van der Waals surface area contributed by atoms with E-state index < -0.39 is 0 Å². The summed E-state index contributed by atoms with van der Waals surface area (Å²) in [5.41, 5.74) is 0.0443. The molecule has 0 aromatic carbocycles. The molecule has 1 aromatic heterocycles. The highest BCUT2D eigenvalue weighted by atomic mass is 16.5. The standard InChI is InChI=1S/C15H23N3O2/c1-20-13-8-16-14(17-9-13)18-6-2-5-15(10-18,11-19)7-12-3-4-12/h8-9,12,19H,2-7,10-11H2,1H3/t15-/m0/s1. The summed E-state index contributed by atoms with van der Waals surface area (Å²) in [5, 5.41) is 9.88. The van der Waals surface area contributed by atoms with Crippen LogP contribution < -0.4 is 9.64 Å². The molecule has 110 valence electrons. The molecule has 1 N–H and O–H groups in total. The molecular weight excluding hydrogens is 254 g/mol. The van der Waals surface area contributed by atoms with E-state index in [4.69, 9.17) is 4.74 Å². The first-order valence-corrected chi connectivity index (χ1v) is 7.46. The van der Waals surface area contributed by atoms with Crippen molar-refractivity contribution in [1.29, 1.82) is 0 Å². The van der Waals surface area contributed by atoms with Gasteiger partial charge in [0.25, 0.3) is 0 Å². The fourth-order valence-electron chi connectivity index (χ4n) is 3.25. The van der Waals surface area contributed by atoms with Gasteiger partial charge in [-0.1, -0.05) is 12.8 Å². The Kier molecular flexibility index (Phi) is 3.78. The largest absolute Gasteiger partial charge is 0.494 e. The molecule has 1 saturated heterocycles. The molecule has 2 heterocycles. The first-order chi connectivity index (χ1) is 9.74. The summed E-state index contributed by atoms with van der Waals surface area (Å²) < 4.78 is 5.10. The fourth-order valence-corrected chi connectivity index (χ4v) is 3.25. The summed E-state index contributed by atoms with van der Waals surface area (Å²) in [5.74, 6) is 2.26. The van der Waals surface area contributed by atoms with Gasteiger partial charge in [0.15, 0.2) is 5.75 Å². The van der Waals surface area contributed by atoms with E-state index >= 15 is 0 Å². The number of ether oxygens (including phenoxy) is 1. The number of aliphatic hydroxyl groups excluding tert-OH is 1.